The summed E-state index contributed by atoms with van der Waals surface area (Å²) in [5.41, 5.74) is 1.13. The van der Waals surface area contributed by atoms with Gasteiger partial charge in [-0.15, -0.1) is 22.7 Å². The van der Waals surface area contributed by atoms with Gasteiger partial charge in [0.15, 0.2) is 0 Å². The number of benzene rings is 1. The van der Waals surface area contributed by atoms with E-state index in [1.807, 2.05) is 0 Å². The molecule has 0 aliphatic heterocycles. The highest BCUT2D eigenvalue weighted by Gasteiger charge is 2.29. The van der Waals surface area contributed by atoms with Gasteiger partial charge in [-0.3, -0.25) is 0 Å². The Labute approximate surface area is 127 Å². The molecular weight excluding hydrogens is 342 g/mol. The Morgan fingerprint density at radius 1 is 1.42 bits per heavy atom. The number of fused-ring (bicyclic) bond motifs is 3. The molecular formula is C14H12BrNOS2. The molecule has 98 valence electrons. The molecule has 5 heteroatoms. The van der Waals surface area contributed by atoms with Gasteiger partial charge in [0.25, 0.3) is 0 Å². The van der Waals surface area contributed by atoms with Crippen LogP contribution in [0.1, 0.15) is 17.8 Å². The van der Waals surface area contributed by atoms with E-state index < -0.39 is 0 Å². The molecule has 0 unspecified atom stereocenters. The highest BCUT2D eigenvalue weighted by atomic mass is 79.9. The van der Waals surface area contributed by atoms with Crippen LogP contribution < -0.4 is 4.74 Å². The number of aromatic nitrogens is 1. The summed E-state index contributed by atoms with van der Waals surface area (Å²) in [6.45, 7) is 2.06. The summed E-state index contributed by atoms with van der Waals surface area (Å²) in [7, 11) is 0. The van der Waals surface area contributed by atoms with Crippen molar-refractivity contribution in [2.45, 2.75) is 30.7 Å². The van der Waals surface area contributed by atoms with E-state index >= 15 is 0 Å². The highest BCUT2D eigenvalue weighted by Crippen LogP contribution is 2.41. The van der Waals surface area contributed by atoms with Crippen LogP contribution in [0.3, 0.4) is 0 Å². The molecule has 1 aromatic carbocycles. The average Bonchev–Trinajstić information content (AvgIpc) is 2.91. The van der Waals surface area contributed by atoms with Crippen LogP contribution in [-0.2, 0) is 0 Å². The lowest BCUT2D eigenvalue weighted by Gasteiger charge is -2.31. The number of thiophene rings is 1. The first-order valence-corrected chi connectivity index (χ1v) is 8.90. The van der Waals surface area contributed by atoms with Crippen molar-refractivity contribution in [3.05, 3.63) is 22.5 Å². The summed E-state index contributed by atoms with van der Waals surface area (Å²) in [5.74, 6) is 1.02. The SMILES string of the molecule is Cc1nc2c(cc(OC3CC(Br)C3)c3ccsc32)s1. The van der Waals surface area contributed by atoms with Crippen LogP contribution in [0.2, 0.25) is 0 Å². The summed E-state index contributed by atoms with van der Waals surface area (Å²) in [6, 6.07) is 4.31. The van der Waals surface area contributed by atoms with Crippen molar-refractivity contribution in [1.29, 1.82) is 0 Å². The average molecular weight is 354 g/mol. The maximum Gasteiger partial charge on any atom is 0.129 e. The van der Waals surface area contributed by atoms with Crippen molar-refractivity contribution in [3.63, 3.8) is 0 Å². The van der Waals surface area contributed by atoms with Gasteiger partial charge in [-0.2, -0.15) is 0 Å². The topological polar surface area (TPSA) is 22.1 Å². The molecule has 0 bridgehead atoms. The molecule has 2 heterocycles. The summed E-state index contributed by atoms with van der Waals surface area (Å²) in [6.07, 6.45) is 2.57. The molecule has 1 aliphatic carbocycles. The number of ether oxygens (including phenoxy) is 1. The summed E-state index contributed by atoms with van der Waals surface area (Å²) in [5, 5.41) is 4.45. The molecule has 0 saturated heterocycles. The second kappa shape index (κ2) is 4.43. The Bertz CT molecular complexity index is 757. The molecule has 1 fully saturated rings. The number of hydrogen-bond donors (Lipinski definition) is 0. The van der Waals surface area contributed by atoms with E-state index in [-0.39, 0.29) is 0 Å². The van der Waals surface area contributed by atoms with Crippen molar-refractivity contribution in [1.82, 2.24) is 4.98 Å². The molecule has 0 radical (unpaired) electrons. The van der Waals surface area contributed by atoms with Gasteiger partial charge in [-0.25, -0.2) is 4.98 Å². The van der Waals surface area contributed by atoms with E-state index in [1.54, 1.807) is 22.7 Å². The maximum absolute atomic E-state index is 6.17. The van der Waals surface area contributed by atoms with E-state index in [2.05, 4.69) is 45.4 Å². The first-order chi connectivity index (χ1) is 9.20. The van der Waals surface area contributed by atoms with Crippen molar-refractivity contribution in [2.75, 3.05) is 0 Å². The molecule has 1 aliphatic rings. The van der Waals surface area contributed by atoms with Crippen LogP contribution in [0.25, 0.3) is 20.3 Å². The van der Waals surface area contributed by atoms with Crippen molar-refractivity contribution in [3.8, 4) is 5.75 Å². The molecule has 0 atom stereocenters. The molecule has 2 aromatic heterocycles. The zero-order valence-electron chi connectivity index (χ0n) is 10.4. The Morgan fingerprint density at radius 2 is 2.26 bits per heavy atom. The first-order valence-electron chi connectivity index (χ1n) is 6.29. The molecule has 19 heavy (non-hydrogen) atoms. The van der Waals surface area contributed by atoms with Crippen molar-refractivity contribution < 1.29 is 4.74 Å². The van der Waals surface area contributed by atoms with Crippen molar-refractivity contribution >= 4 is 58.9 Å². The van der Waals surface area contributed by atoms with E-state index in [9.17, 15) is 0 Å². The van der Waals surface area contributed by atoms with Gasteiger partial charge < -0.3 is 4.74 Å². The number of alkyl halides is 1. The van der Waals surface area contributed by atoms with Gasteiger partial charge in [0, 0.05) is 16.3 Å². The number of rotatable bonds is 2. The molecule has 0 amide bonds. The Hall–Kier alpha value is -0.650. The van der Waals surface area contributed by atoms with Gasteiger partial charge >= 0.3 is 0 Å². The van der Waals surface area contributed by atoms with Gasteiger partial charge in [-0.1, -0.05) is 15.9 Å². The van der Waals surface area contributed by atoms with E-state index in [1.165, 1.54) is 14.8 Å². The first kappa shape index (κ1) is 12.1. The minimum atomic E-state index is 0.360. The molecule has 0 spiro atoms. The smallest absolute Gasteiger partial charge is 0.129 e. The molecule has 2 nitrogen and oxygen atoms in total. The van der Waals surface area contributed by atoms with E-state index in [4.69, 9.17) is 4.74 Å². The summed E-state index contributed by atoms with van der Waals surface area (Å²) < 4.78 is 8.65. The van der Waals surface area contributed by atoms with E-state index in [0.717, 1.165) is 29.1 Å². The van der Waals surface area contributed by atoms with Crippen LogP contribution in [0.15, 0.2) is 17.5 Å². The van der Waals surface area contributed by atoms with Gasteiger partial charge in [0.1, 0.15) is 11.9 Å². The third kappa shape index (κ3) is 1.99. The predicted molar refractivity (Wildman–Crippen MR) is 86.1 cm³/mol. The zero-order valence-corrected chi connectivity index (χ0v) is 13.6. The normalized spacial score (nSPS) is 22.8. The minimum Gasteiger partial charge on any atom is -0.490 e. The fourth-order valence-corrected chi connectivity index (χ4v) is 5.13. The Morgan fingerprint density at radius 3 is 3.05 bits per heavy atom. The fourth-order valence-electron chi connectivity index (χ4n) is 2.46. The maximum atomic E-state index is 6.17. The molecule has 1 saturated carbocycles. The van der Waals surface area contributed by atoms with Gasteiger partial charge in [0.2, 0.25) is 0 Å². The molecule has 0 N–H and O–H groups in total. The number of nitrogens with zero attached hydrogens (tertiary/aromatic N) is 1. The van der Waals surface area contributed by atoms with Crippen LogP contribution in [0, 0.1) is 6.92 Å². The lowest BCUT2D eigenvalue weighted by molar-refractivity contribution is 0.130. The molecule has 4 rings (SSSR count). The fraction of sp³-hybridized carbons (Fsp3) is 0.357. The van der Waals surface area contributed by atoms with E-state index in [0.29, 0.717) is 10.9 Å². The standard InChI is InChI=1S/C14H12BrNOS2/c1-7-16-13-12(19-7)6-11(10-2-3-18-14(10)13)17-9-4-8(15)5-9/h2-3,6,8-9H,4-5H2,1H3. The lowest BCUT2D eigenvalue weighted by atomic mass is 9.96. The quantitative estimate of drug-likeness (QED) is 0.596. The number of halogens is 1. The number of thiazole rings is 1. The Kier molecular flexibility index (Phi) is 2.83. The second-order valence-electron chi connectivity index (χ2n) is 4.93. The third-order valence-electron chi connectivity index (χ3n) is 3.50. The summed E-state index contributed by atoms with van der Waals surface area (Å²) >= 11 is 7.11. The highest BCUT2D eigenvalue weighted by molar-refractivity contribution is 9.09. The number of hydrogen-bond acceptors (Lipinski definition) is 4. The number of aryl methyl sites for hydroxylation is 1. The van der Waals surface area contributed by atoms with Gasteiger partial charge in [0.05, 0.1) is 19.9 Å². The van der Waals surface area contributed by atoms with Crippen LogP contribution >= 0.6 is 38.6 Å². The second-order valence-corrected chi connectivity index (χ2v) is 8.37. The molecule has 3 aromatic rings. The lowest BCUT2D eigenvalue weighted by Crippen LogP contribution is -2.33. The largest absolute Gasteiger partial charge is 0.490 e. The predicted octanol–water partition coefficient (Wildman–Crippen LogP) is 5.12. The van der Waals surface area contributed by atoms with Crippen LogP contribution in [0.5, 0.6) is 5.75 Å². The Balaban J connectivity index is 1.85. The zero-order chi connectivity index (χ0) is 13.0. The van der Waals surface area contributed by atoms with Crippen LogP contribution in [0.4, 0.5) is 0 Å². The van der Waals surface area contributed by atoms with Crippen LogP contribution in [-0.4, -0.2) is 15.9 Å². The minimum absolute atomic E-state index is 0.360. The third-order valence-corrected chi connectivity index (χ3v) is 6.09. The monoisotopic (exact) mass is 353 g/mol. The van der Waals surface area contributed by atoms with Crippen molar-refractivity contribution in [2.24, 2.45) is 0 Å². The van der Waals surface area contributed by atoms with Gasteiger partial charge in [-0.05, 0) is 31.2 Å². The summed E-state index contributed by atoms with van der Waals surface area (Å²) in [4.78, 5) is 5.28.